The summed E-state index contributed by atoms with van der Waals surface area (Å²) < 4.78 is 18.6. The first kappa shape index (κ1) is 15.6. The number of halogens is 1. The Morgan fingerprint density at radius 2 is 1.83 bits per heavy atom. The number of hydrogen-bond acceptors (Lipinski definition) is 2. The zero-order valence-corrected chi connectivity index (χ0v) is 14.3. The van der Waals surface area contributed by atoms with E-state index in [1.807, 2.05) is 0 Å². The van der Waals surface area contributed by atoms with Gasteiger partial charge in [0, 0.05) is 25.0 Å². The van der Waals surface area contributed by atoms with Gasteiger partial charge < -0.3 is 4.74 Å². The molecule has 0 aromatic heterocycles. The van der Waals surface area contributed by atoms with E-state index < -0.39 is 0 Å². The van der Waals surface area contributed by atoms with Crippen LogP contribution in [0.5, 0.6) is 5.75 Å². The molecule has 0 N–H and O–H groups in total. The monoisotopic (exact) mass is 325 g/mol. The number of rotatable bonds is 5. The predicted octanol–water partition coefficient (Wildman–Crippen LogP) is 4.03. The van der Waals surface area contributed by atoms with E-state index in [2.05, 4.69) is 43.0 Å². The number of fused-ring (bicyclic) bond motifs is 1. The summed E-state index contributed by atoms with van der Waals surface area (Å²) in [5, 5.41) is 0. The SMILES string of the molecule is Cc1cccc(C2(C)C3CN(CCOc4ccc(F)cc4)CC32)c1. The van der Waals surface area contributed by atoms with Gasteiger partial charge in [-0.15, -0.1) is 0 Å². The molecule has 1 saturated heterocycles. The van der Waals surface area contributed by atoms with Crippen molar-refractivity contribution in [1.82, 2.24) is 4.90 Å². The molecule has 2 unspecified atom stereocenters. The molecule has 1 aliphatic heterocycles. The highest BCUT2D eigenvalue weighted by atomic mass is 19.1. The number of benzene rings is 2. The Morgan fingerprint density at radius 1 is 1.12 bits per heavy atom. The Labute approximate surface area is 143 Å². The highest BCUT2D eigenvalue weighted by Gasteiger charge is 2.65. The van der Waals surface area contributed by atoms with Crippen LogP contribution < -0.4 is 4.74 Å². The third-order valence-corrected chi connectivity index (χ3v) is 5.96. The Balaban J connectivity index is 1.28. The van der Waals surface area contributed by atoms with Crippen LogP contribution in [0.3, 0.4) is 0 Å². The Bertz CT molecular complexity index is 715. The van der Waals surface area contributed by atoms with Crippen molar-refractivity contribution in [2.24, 2.45) is 11.8 Å². The van der Waals surface area contributed by atoms with Crippen LogP contribution in [0.15, 0.2) is 48.5 Å². The van der Waals surface area contributed by atoms with Crippen LogP contribution in [0.4, 0.5) is 4.39 Å². The van der Waals surface area contributed by atoms with Gasteiger partial charge in [-0.2, -0.15) is 0 Å². The van der Waals surface area contributed by atoms with Gasteiger partial charge in [0.2, 0.25) is 0 Å². The third kappa shape index (κ3) is 2.71. The summed E-state index contributed by atoms with van der Waals surface area (Å²) in [5.41, 5.74) is 3.21. The molecule has 0 amide bonds. The van der Waals surface area contributed by atoms with E-state index in [0.29, 0.717) is 12.0 Å². The van der Waals surface area contributed by atoms with Crippen molar-refractivity contribution in [3.63, 3.8) is 0 Å². The minimum absolute atomic E-state index is 0.225. The maximum atomic E-state index is 12.9. The molecule has 2 atom stereocenters. The van der Waals surface area contributed by atoms with Crippen LogP contribution in [0.25, 0.3) is 0 Å². The van der Waals surface area contributed by atoms with E-state index in [0.717, 1.165) is 37.2 Å². The number of likely N-dealkylation sites (tertiary alicyclic amines) is 1. The molecule has 3 heteroatoms. The zero-order chi connectivity index (χ0) is 16.7. The van der Waals surface area contributed by atoms with Crippen molar-refractivity contribution in [3.05, 3.63) is 65.5 Å². The van der Waals surface area contributed by atoms with Crippen molar-refractivity contribution >= 4 is 0 Å². The number of nitrogens with zero attached hydrogens (tertiary/aromatic N) is 1. The van der Waals surface area contributed by atoms with Crippen molar-refractivity contribution in [3.8, 4) is 5.75 Å². The molecule has 126 valence electrons. The molecule has 0 radical (unpaired) electrons. The molecule has 2 fully saturated rings. The summed E-state index contributed by atoms with van der Waals surface area (Å²) in [6.45, 7) is 8.50. The Kier molecular flexibility index (Phi) is 3.84. The summed E-state index contributed by atoms with van der Waals surface area (Å²) in [7, 11) is 0. The fourth-order valence-corrected chi connectivity index (χ4v) is 4.38. The molecule has 1 saturated carbocycles. The second kappa shape index (κ2) is 5.89. The molecule has 0 spiro atoms. The van der Waals surface area contributed by atoms with Gasteiger partial charge in [-0.3, -0.25) is 4.90 Å². The lowest BCUT2D eigenvalue weighted by Gasteiger charge is -2.24. The second-order valence-corrected chi connectivity index (χ2v) is 7.43. The molecule has 1 heterocycles. The molecule has 2 aromatic carbocycles. The van der Waals surface area contributed by atoms with E-state index in [4.69, 9.17) is 4.74 Å². The standard InChI is InChI=1S/C21H24FNO/c1-15-4-3-5-16(12-15)21(2)19-13-23(14-20(19)21)10-11-24-18-8-6-17(22)7-9-18/h3-9,12,19-20H,10-11,13-14H2,1-2H3. The lowest BCUT2D eigenvalue weighted by molar-refractivity contribution is 0.212. The maximum Gasteiger partial charge on any atom is 0.123 e. The van der Waals surface area contributed by atoms with Crippen LogP contribution in [0, 0.1) is 24.6 Å². The normalized spacial score (nSPS) is 28.6. The van der Waals surface area contributed by atoms with E-state index in [9.17, 15) is 4.39 Å². The van der Waals surface area contributed by atoms with Gasteiger partial charge in [0.1, 0.15) is 18.2 Å². The minimum Gasteiger partial charge on any atom is -0.492 e. The number of piperidine rings is 1. The van der Waals surface area contributed by atoms with Gasteiger partial charge >= 0.3 is 0 Å². The number of ether oxygens (including phenoxy) is 1. The average Bonchev–Trinajstić information content (AvgIpc) is 2.94. The highest BCUT2D eigenvalue weighted by molar-refractivity contribution is 5.39. The Morgan fingerprint density at radius 3 is 2.50 bits per heavy atom. The summed E-state index contributed by atoms with van der Waals surface area (Å²) in [5.74, 6) is 2.05. The largest absolute Gasteiger partial charge is 0.492 e. The maximum absolute atomic E-state index is 12.9. The fraction of sp³-hybridized carbons (Fsp3) is 0.429. The molecule has 4 rings (SSSR count). The molecule has 2 aromatic rings. The average molecular weight is 325 g/mol. The highest BCUT2D eigenvalue weighted by Crippen LogP contribution is 2.63. The number of hydrogen-bond donors (Lipinski definition) is 0. The van der Waals surface area contributed by atoms with Gasteiger partial charge in [0.05, 0.1) is 0 Å². The third-order valence-electron chi connectivity index (χ3n) is 5.96. The molecular weight excluding hydrogens is 301 g/mol. The van der Waals surface area contributed by atoms with Gasteiger partial charge in [0.15, 0.2) is 0 Å². The molecule has 2 nitrogen and oxygen atoms in total. The van der Waals surface area contributed by atoms with Gasteiger partial charge in [-0.1, -0.05) is 36.8 Å². The molecule has 1 aliphatic carbocycles. The molecular formula is C21H24FNO. The van der Waals surface area contributed by atoms with Crippen molar-refractivity contribution in [2.45, 2.75) is 19.3 Å². The summed E-state index contributed by atoms with van der Waals surface area (Å²) in [6.07, 6.45) is 0. The topological polar surface area (TPSA) is 12.5 Å². The van der Waals surface area contributed by atoms with Crippen molar-refractivity contribution in [1.29, 1.82) is 0 Å². The van der Waals surface area contributed by atoms with Crippen LogP contribution in [-0.2, 0) is 5.41 Å². The van der Waals surface area contributed by atoms with Crippen molar-refractivity contribution < 1.29 is 9.13 Å². The van der Waals surface area contributed by atoms with Crippen molar-refractivity contribution in [2.75, 3.05) is 26.2 Å². The zero-order valence-electron chi connectivity index (χ0n) is 14.3. The predicted molar refractivity (Wildman–Crippen MR) is 93.8 cm³/mol. The van der Waals surface area contributed by atoms with Crippen LogP contribution >= 0.6 is 0 Å². The van der Waals surface area contributed by atoms with Gasteiger partial charge in [-0.05, 0) is 48.6 Å². The molecule has 2 aliphatic rings. The Hall–Kier alpha value is -1.87. The molecule has 24 heavy (non-hydrogen) atoms. The lowest BCUT2D eigenvalue weighted by atomic mass is 9.91. The first-order valence-corrected chi connectivity index (χ1v) is 8.75. The van der Waals surface area contributed by atoms with Crippen LogP contribution in [-0.4, -0.2) is 31.1 Å². The van der Waals surface area contributed by atoms with Crippen LogP contribution in [0.2, 0.25) is 0 Å². The van der Waals surface area contributed by atoms with E-state index in [1.54, 1.807) is 12.1 Å². The number of aryl methyl sites for hydroxylation is 1. The van der Waals surface area contributed by atoms with Gasteiger partial charge in [-0.25, -0.2) is 4.39 Å². The first-order chi connectivity index (χ1) is 11.6. The lowest BCUT2D eigenvalue weighted by Crippen LogP contribution is -2.32. The summed E-state index contributed by atoms with van der Waals surface area (Å²) in [6, 6.07) is 15.2. The van der Waals surface area contributed by atoms with E-state index >= 15 is 0 Å². The van der Waals surface area contributed by atoms with E-state index in [1.165, 1.54) is 23.3 Å². The quantitative estimate of drug-likeness (QED) is 0.823. The summed E-state index contributed by atoms with van der Waals surface area (Å²) >= 11 is 0. The minimum atomic E-state index is -0.225. The van der Waals surface area contributed by atoms with Crippen LogP contribution in [0.1, 0.15) is 18.1 Å². The first-order valence-electron chi connectivity index (χ1n) is 8.75. The molecule has 0 bridgehead atoms. The second-order valence-electron chi connectivity index (χ2n) is 7.43. The van der Waals surface area contributed by atoms with Gasteiger partial charge in [0.25, 0.3) is 0 Å². The fourth-order valence-electron chi connectivity index (χ4n) is 4.38. The van der Waals surface area contributed by atoms with E-state index in [-0.39, 0.29) is 5.82 Å². The summed E-state index contributed by atoms with van der Waals surface area (Å²) in [4.78, 5) is 2.50. The smallest absolute Gasteiger partial charge is 0.123 e.